The van der Waals surface area contributed by atoms with Gasteiger partial charge in [0.25, 0.3) is 0 Å². The van der Waals surface area contributed by atoms with E-state index in [1.807, 2.05) is 63.2 Å². The van der Waals surface area contributed by atoms with Gasteiger partial charge in [-0.05, 0) is 49.1 Å². The maximum absolute atomic E-state index is 12.3. The van der Waals surface area contributed by atoms with Crippen molar-refractivity contribution in [1.82, 2.24) is 4.31 Å². The summed E-state index contributed by atoms with van der Waals surface area (Å²) >= 11 is 0. The first-order valence-corrected chi connectivity index (χ1v) is 10.4. The number of aryl methyl sites for hydroxylation is 3. The molecule has 0 spiro atoms. The van der Waals surface area contributed by atoms with Crippen molar-refractivity contribution in [2.24, 2.45) is 0 Å². The van der Waals surface area contributed by atoms with Crippen molar-refractivity contribution in [3.8, 4) is 0 Å². The zero-order valence-corrected chi connectivity index (χ0v) is 16.6. The molecule has 0 atom stereocenters. The summed E-state index contributed by atoms with van der Waals surface area (Å²) in [6.45, 7) is 6.24. The Balaban J connectivity index is 2.04. The number of rotatable bonds is 7. The smallest absolute Gasteiger partial charge is 0.225 e. The molecule has 2 aromatic carbocycles. The number of sulfonamides is 1. The van der Waals surface area contributed by atoms with E-state index in [4.69, 9.17) is 0 Å². The molecule has 0 aliphatic heterocycles. The van der Waals surface area contributed by atoms with E-state index in [-0.39, 0.29) is 25.4 Å². The molecule has 0 aromatic heterocycles. The average Bonchev–Trinajstić information content (AvgIpc) is 2.55. The quantitative estimate of drug-likeness (QED) is 0.808. The fourth-order valence-electron chi connectivity index (χ4n) is 2.65. The van der Waals surface area contributed by atoms with Gasteiger partial charge < -0.3 is 5.32 Å². The Labute approximate surface area is 156 Å². The second kappa shape index (κ2) is 8.47. The molecule has 0 radical (unpaired) electrons. The maximum atomic E-state index is 12.3. The van der Waals surface area contributed by atoms with Crippen LogP contribution in [0.1, 0.15) is 28.7 Å². The molecule has 0 heterocycles. The van der Waals surface area contributed by atoms with Gasteiger partial charge in [-0.25, -0.2) is 8.42 Å². The number of benzene rings is 2. The molecule has 5 nitrogen and oxygen atoms in total. The highest BCUT2D eigenvalue weighted by Crippen LogP contribution is 2.17. The topological polar surface area (TPSA) is 66.5 Å². The first kappa shape index (κ1) is 20.1. The van der Waals surface area contributed by atoms with Crippen molar-refractivity contribution in [1.29, 1.82) is 0 Å². The lowest BCUT2D eigenvalue weighted by Gasteiger charge is -2.21. The summed E-state index contributed by atoms with van der Waals surface area (Å²) in [4.78, 5) is 12.3. The number of hydrogen-bond donors (Lipinski definition) is 1. The summed E-state index contributed by atoms with van der Waals surface area (Å²) < 4.78 is 25.6. The van der Waals surface area contributed by atoms with Gasteiger partial charge >= 0.3 is 0 Å². The summed E-state index contributed by atoms with van der Waals surface area (Å²) in [5.41, 5.74) is 4.76. The monoisotopic (exact) mass is 374 g/mol. The fourth-order valence-corrected chi connectivity index (χ4v) is 3.45. The molecule has 1 N–H and O–H groups in total. The molecule has 0 saturated heterocycles. The highest BCUT2D eigenvalue weighted by Gasteiger charge is 2.19. The molecule has 0 aliphatic rings. The minimum absolute atomic E-state index is 0.104. The van der Waals surface area contributed by atoms with Gasteiger partial charge in [0.2, 0.25) is 15.9 Å². The van der Waals surface area contributed by atoms with Gasteiger partial charge in [0.1, 0.15) is 0 Å². The largest absolute Gasteiger partial charge is 0.326 e. The van der Waals surface area contributed by atoms with E-state index >= 15 is 0 Å². The summed E-state index contributed by atoms with van der Waals surface area (Å²) in [5, 5.41) is 2.87. The Morgan fingerprint density at radius 3 is 2.38 bits per heavy atom. The number of hydrogen-bond acceptors (Lipinski definition) is 3. The molecule has 1 amide bonds. The van der Waals surface area contributed by atoms with Gasteiger partial charge in [-0.15, -0.1) is 0 Å². The van der Waals surface area contributed by atoms with Crippen LogP contribution in [0.3, 0.4) is 0 Å². The third-order valence-electron chi connectivity index (χ3n) is 4.33. The van der Waals surface area contributed by atoms with Gasteiger partial charge in [0, 0.05) is 25.2 Å². The highest BCUT2D eigenvalue weighted by atomic mass is 32.2. The Kier molecular flexibility index (Phi) is 6.56. The third-order valence-corrected chi connectivity index (χ3v) is 5.58. The maximum Gasteiger partial charge on any atom is 0.225 e. The second-order valence-corrected chi connectivity index (χ2v) is 8.62. The van der Waals surface area contributed by atoms with Crippen LogP contribution in [0.25, 0.3) is 0 Å². The zero-order valence-electron chi connectivity index (χ0n) is 15.7. The molecule has 0 unspecified atom stereocenters. The van der Waals surface area contributed by atoms with Crippen molar-refractivity contribution in [3.63, 3.8) is 0 Å². The Hall–Kier alpha value is -2.18. The van der Waals surface area contributed by atoms with Crippen molar-refractivity contribution < 1.29 is 13.2 Å². The number of nitrogens with one attached hydrogen (secondary N) is 1. The molecule has 0 bridgehead atoms. The lowest BCUT2D eigenvalue weighted by atomic mass is 10.1. The minimum atomic E-state index is -3.41. The lowest BCUT2D eigenvalue weighted by molar-refractivity contribution is -0.116. The Morgan fingerprint density at radius 1 is 1.04 bits per heavy atom. The summed E-state index contributed by atoms with van der Waals surface area (Å²) in [7, 11) is -3.41. The molecule has 0 aliphatic carbocycles. The van der Waals surface area contributed by atoms with E-state index in [0.29, 0.717) is 0 Å². The molecule has 0 saturated carbocycles. The predicted molar refractivity (Wildman–Crippen MR) is 106 cm³/mol. The van der Waals surface area contributed by atoms with Crippen LogP contribution in [0.4, 0.5) is 5.69 Å². The van der Waals surface area contributed by atoms with Crippen molar-refractivity contribution in [2.75, 3.05) is 18.1 Å². The van der Waals surface area contributed by atoms with Crippen LogP contribution in [-0.2, 0) is 21.4 Å². The molecule has 6 heteroatoms. The van der Waals surface area contributed by atoms with Gasteiger partial charge in [0.15, 0.2) is 0 Å². The zero-order chi connectivity index (χ0) is 19.3. The molecule has 2 rings (SSSR count). The fraction of sp³-hybridized carbons (Fsp3) is 0.350. The van der Waals surface area contributed by atoms with E-state index in [2.05, 4.69) is 5.32 Å². The lowest BCUT2D eigenvalue weighted by Crippen LogP contribution is -2.32. The number of carbonyl (C=O) groups excluding carboxylic acids is 1. The SMILES string of the molecule is Cc1ccc(C)c(NC(=O)CCN(Cc2ccccc2C)S(C)(=O)=O)c1. The van der Waals surface area contributed by atoms with Crippen LogP contribution in [0, 0.1) is 20.8 Å². The normalized spacial score (nSPS) is 11.6. The van der Waals surface area contributed by atoms with Crippen molar-refractivity contribution >= 4 is 21.6 Å². The van der Waals surface area contributed by atoms with Gasteiger partial charge in [-0.2, -0.15) is 4.31 Å². The van der Waals surface area contributed by atoms with E-state index in [1.54, 1.807) is 0 Å². The molecule has 2 aromatic rings. The van der Waals surface area contributed by atoms with Gasteiger partial charge in [0.05, 0.1) is 6.26 Å². The number of nitrogens with zero attached hydrogens (tertiary/aromatic N) is 1. The van der Waals surface area contributed by atoms with E-state index in [9.17, 15) is 13.2 Å². The Bertz CT molecular complexity index is 892. The Morgan fingerprint density at radius 2 is 1.73 bits per heavy atom. The summed E-state index contributed by atoms with van der Waals surface area (Å²) in [6.07, 6.45) is 1.28. The van der Waals surface area contributed by atoms with Crippen LogP contribution >= 0.6 is 0 Å². The van der Waals surface area contributed by atoms with Crippen molar-refractivity contribution in [2.45, 2.75) is 33.7 Å². The number of anilines is 1. The van der Waals surface area contributed by atoms with Crippen LogP contribution in [0.15, 0.2) is 42.5 Å². The first-order valence-electron chi connectivity index (χ1n) is 8.53. The van der Waals surface area contributed by atoms with Crippen molar-refractivity contribution in [3.05, 3.63) is 64.7 Å². The van der Waals surface area contributed by atoms with Crippen LogP contribution in [0.5, 0.6) is 0 Å². The van der Waals surface area contributed by atoms with E-state index < -0.39 is 10.0 Å². The van der Waals surface area contributed by atoms with Gasteiger partial charge in [-0.3, -0.25) is 4.79 Å². The van der Waals surface area contributed by atoms with E-state index in [1.165, 1.54) is 10.6 Å². The number of amides is 1. The molecule has 140 valence electrons. The first-order chi connectivity index (χ1) is 12.2. The standard InChI is InChI=1S/C20H26N2O3S/c1-15-9-10-17(3)19(13-15)21-20(23)11-12-22(26(4,24)25)14-18-8-6-5-7-16(18)2/h5-10,13H,11-12,14H2,1-4H3,(H,21,23). The average molecular weight is 375 g/mol. The van der Waals surface area contributed by atoms with Crippen LogP contribution < -0.4 is 5.32 Å². The highest BCUT2D eigenvalue weighted by molar-refractivity contribution is 7.88. The second-order valence-electron chi connectivity index (χ2n) is 6.64. The van der Waals surface area contributed by atoms with Crippen LogP contribution in [-0.4, -0.2) is 31.4 Å². The predicted octanol–water partition coefficient (Wildman–Crippen LogP) is 3.40. The summed E-state index contributed by atoms with van der Waals surface area (Å²) in [6, 6.07) is 13.5. The van der Waals surface area contributed by atoms with Gasteiger partial charge in [-0.1, -0.05) is 36.4 Å². The van der Waals surface area contributed by atoms with Crippen LogP contribution in [0.2, 0.25) is 0 Å². The number of carbonyl (C=O) groups is 1. The molecular weight excluding hydrogens is 348 g/mol. The molecule has 0 fully saturated rings. The third kappa shape index (κ3) is 5.68. The minimum Gasteiger partial charge on any atom is -0.326 e. The molecular formula is C20H26N2O3S. The molecule has 26 heavy (non-hydrogen) atoms. The summed E-state index contributed by atoms with van der Waals surface area (Å²) in [5.74, 6) is -0.197. The van der Waals surface area contributed by atoms with E-state index in [0.717, 1.165) is 27.9 Å².